The van der Waals surface area contributed by atoms with Gasteiger partial charge in [0, 0.05) is 17.5 Å². The summed E-state index contributed by atoms with van der Waals surface area (Å²) in [5, 5.41) is 4.35. The minimum Gasteiger partial charge on any atom is -0.496 e. The highest BCUT2D eigenvalue weighted by Gasteiger charge is 2.31. The summed E-state index contributed by atoms with van der Waals surface area (Å²) in [7, 11) is 1.65. The second-order valence-electron chi connectivity index (χ2n) is 6.49. The van der Waals surface area contributed by atoms with Crippen molar-refractivity contribution < 1.29 is 9.53 Å². The molecule has 150 valence electrons. The topological polar surface area (TPSA) is 54.5 Å². The van der Waals surface area contributed by atoms with Crippen LogP contribution in [0, 0.1) is 0 Å². The fourth-order valence-corrected chi connectivity index (χ4v) is 4.24. The molecule has 1 aliphatic rings. The Morgan fingerprint density at radius 1 is 1.13 bits per heavy atom. The van der Waals surface area contributed by atoms with Crippen LogP contribution in [-0.2, 0) is 10.5 Å². The number of carbonyl (C=O) groups is 1. The minimum absolute atomic E-state index is 0.175. The number of rotatable bonds is 6. The van der Waals surface area contributed by atoms with Crippen molar-refractivity contribution in [3.63, 3.8) is 0 Å². The Bertz CT molecular complexity index is 1100. The normalized spacial score (nSPS) is 14.8. The summed E-state index contributed by atoms with van der Waals surface area (Å²) in [6.07, 6.45) is 3.59. The van der Waals surface area contributed by atoms with Crippen molar-refractivity contribution in [1.82, 2.24) is 10.3 Å². The molecule has 1 N–H and O–H groups in total. The van der Waals surface area contributed by atoms with Crippen LogP contribution in [0.2, 0.25) is 0 Å². The largest absolute Gasteiger partial charge is 0.496 e. The van der Waals surface area contributed by atoms with Gasteiger partial charge in [0.25, 0.3) is 5.91 Å². The third-order valence-corrected chi connectivity index (χ3v) is 5.80. The molecule has 0 aliphatic carbocycles. The van der Waals surface area contributed by atoms with E-state index in [0.717, 1.165) is 27.6 Å². The molecule has 0 atom stereocenters. The van der Waals surface area contributed by atoms with Crippen LogP contribution in [0.25, 0.3) is 6.08 Å². The fourth-order valence-electron chi connectivity index (χ4n) is 3.10. The second kappa shape index (κ2) is 9.11. The number of hydrogen-bond donors (Lipinski definition) is 1. The standard InChI is InChI=1S/C23H19N3O2S2/c1-28-20-11-10-16(13-17(20)15-30-21-9-5-6-12-24-21)14-19-22(27)26(23(29)25-19)18-7-3-2-4-8-18/h2-14H,15H2,1H3,(H,25,29)/b19-14+. The average molecular weight is 434 g/mol. The lowest BCUT2D eigenvalue weighted by Gasteiger charge is -2.13. The van der Waals surface area contributed by atoms with E-state index in [4.69, 9.17) is 17.0 Å². The third-order valence-electron chi connectivity index (χ3n) is 4.52. The Labute approximate surface area is 184 Å². The number of para-hydroxylation sites is 1. The predicted molar refractivity (Wildman–Crippen MR) is 124 cm³/mol. The van der Waals surface area contributed by atoms with Crippen LogP contribution in [0.1, 0.15) is 11.1 Å². The molecule has 0 saturated carbocycles. The summed E-state index contributed by atoms with van der Waals surface area (Å²) in [6, 6.07) is 21.1. The van der Waals surface area contributed by atoms with E-state index in [0.29, 0.717) is 16.6 Å². The van der Waals surface area contributed by atoms with Crippen LogP contribution in [0.15, 0.2) is 83.6 Å². The highest BCUT2D eigenvalue weighted by atomic mass is 32.2. The number of nitrogens with one attached hydrogen (secondary N) is 1. The van der Waals surface area contributed by atoms with Crippen LogP contribution < -0.4 is 15.0 Å². The van der Waals surface area contributed by atoms with Crippen molar-refractivity contribution in [3.8, 4) is 5.75 Å². The predicted octanol–water partition coefficient (Wildman–Crippen LogP) is 4.64. The van der Waals surface area contributed by atoms with Gasteiger partial charge in [-0.2, -0.15) is 0 Å². The molecule has 3 aromatic rings. The highest BCUT2D eigenvalue weighted by Crippen LogP contribution is 2.29. The number of nitrogens with zero attached hydrogens (tertiary/aromatic N) is 2. The van der Waals surface area contributed by atoms with Gasteiger partial charge in [-0.15, -0.1) is 11.8 Å². The van der Waals surface area contributed by atoms with E-state index in [1.807, 2.05) is 72.8 Å². The smallest absolute Gasteiger partial charge is 0.281 e. The lowest BCUT2D eigenvalue weighted by atomic mass is 10.1. The van der Waals surface area contributed by atoms with Gasteiger partial charge in [0.2, 0.25) is 0 Å². The van der Waals surface area contributed by atoms with E-state index >= 15 is 0 Å². The maximum atomic E-state index is 12.9. The molecular formula is C23H19N3O2S2. The number of methoxy groups -OCH3 is 1. The van der Waals surface area contributed by atoms with E-state index in [2.05, 4.69) is 10.3 Å². The maximum Gasteiger partial charge on any atom is 0.281 e. The number of ether oxygens (including phenoxy) is 1. The number of hydrogen-bond acceptors (Lipinski definition) is 5. The van der Waals surface area contributed by atoms with Crippen LogP contribution in [-0.4, -0.2) is 23.1 Å². The lowest BCUT2D eigenvalue weighted by molar-refractivity contribution is -0.113. The first-order valence-electron chi connectivity index (χ1n) is 9.28. The van der Waals surface area contributed by atoms with Gasteiger partial charge in [-0.25, -0.2) is 4.98 Å². The summed E-state index contributed by atoms with van der Waals surface area (Å²) < 4.78 is 5.51. The molecule has 5 nitrogen and oxygen atoms in total. The summed E-state index contributed by atoms with van der Waals surface area (Å²) in [5.41, 5.74) is 3.10. The summed E-state index contributed by atoms with van der Waals surface area (Å²) in [4.78, 5) is 18.8. The van der Waals surface area contributed by atoms with Gasteiger partial charge in [-0.1, -0.05) is 30.3 Å². The number of aromatic nitrogens is 1. The SMILES string of the molecule is COc1ccc(/C=C2/NC(=S)N(c3ccccc3)C2=O)cc1CSc1ccccn1. The molecule has 0 spiro atoms. The molecule has 2 heterocycles. The van der Waals surface area contributed by atoms with E-state index in [1.54, 1.807) is 25.1 Å². The Hall–Kier alpha value is -3.16. The molecule has 0 radical (unpaired) electrons. The number of pyridine rings is 1. The Morgan fingerprint density at radius 2 is 1.93 bits per heavy atom. The fraction of sp³-hybridized carbons (Fsp3) is 0.0870. The van der Waals surface area contributed by atoms with Crippen LogP contribution in [0.3, 0.4) is 0 Å². The number of carbonyl (C=O) groups excluding carboxylic acids is 1. The zero-order valence-corrected chi connectivity index (χ0v) is 17.9. The third kappa shape index (κ3) is 4.37. The van der Waals surface area contributed by atoms with Crippen LogP contribution in [0.5, 0.6) is 5.75 Å². The van der Waals surface area contributed by atoms with E-state index in [9.17, 15) is 4.79 Å². The first-order valence-corrected chi connectivity index (χ1v) is 10.7. The average Bonchev–Trinajstić information content (AvgIpc) is 3.06. The molecule has 0 unspecified atom stereocenters. The van der Waals surface area contributed by atoms with E-state index in [-0.39, 0.29) is 5.91 Å². The van der Waals surface area contributed by atoms with Crippen molar-refractivity contribution in [2.24, 2.45) is 0 Å². The quantitative estimate of drug-likeness (QED) is 0.347. The molecule has 1 saturated heterocycles. The summed E-state index contributed by atoms with van der Waals surface area (Å²) in [5.74, 6) is 1.33. The molecule has 1 amide bonds. The molecule has 1 fully saturated rings. The monoisotopic (exact) mass is 433 g/mol. The van der Waals surface area contributed by atoms with E-state index < -0.39 is 0 Å². The van der Waals surface area contributed by atoms with Crippen LogP contribution >= 0.6 is 24.0 Å². The first-order chi connectivity index (χ1) is 14.7. The van der Waals surface area contributed by atoms with Gasteiger partial charge in [0.1, 0.15) is 11.4 Å². The molecule has 4 rings (SSSR count). The highest BCUT2D eigenvalue weighted by molar-refractivity contribution is 7.98. The molecular weight excluding hydrogens is 414 g/mol. The maximum absolute atomic E-state index is 12.9. The van der Waals surface area contributed by atoms with Crippen molar-refractivity contribution in [2.45, 2.75) is 10.8 Å². The Balaban J connectivity index is 1.57. The Kier molecular flexibility index (Phi) is 6.11. The zero-order valence-electron chi connectivity index (χ0n) is 16.2. The summed E-state index contributed by atoms with van der Waals surface area (Å²) >= 11 is 7.01. The number of thiocarbonyl (C=S) groups is 1. The summed E-state index contributed by atoms with van der Waals surface area (Å²) in [6.45, 7) is 0. The Morgan fingerprint density at radius 3 is 2.67 bits per heavy atom. The zero-order chi connectivity index (χ0) is 20.9. The van der Waals surface area contributed by atoms with E-state index in [1.165, 1.54) is 4.90 Å². The number of anilines is 1. The van der Waals surface area contributed by atoms with Gasteiger partial charge < -0.3 is 10.1 Å². The van der Waals surface area contributed by atoms with Crippen molar-refractivity contribution >= 4 is 46.8 Å². The molecule has 1 aliphatic heterocycles. The number of thioether (sulfide) groups is 1. The molecule has 1 aromatic heterocycles. The lowest BCUT2D eigenvalue weighted by Crippen LogP contribution is -2.30. The van der Waals surface area contributed by atoms with Gasteiger partial charge in [0.15, 0.2) is 5.11 Å². The molecule has 2 aromatic carbocycles. The van der Waals surface area contributed by atoms with Crippen molar-refractivity contribution in [2.75, 3.05) is 12.0 Å². The number of benzene rings is 2. The molecule has 7 heteroatoms. The first kappa shape index (κ1) is 20.1. The van der Waals surface area contributed by atoms with Gasteiger partial charge in [-0.3, -0.25) is 9.69 Å². The minimum atomic E-state index is -0.175. The van der Waals surface area contributed by atoms with Gasteiger partial charge in [-0.05, 0) is 60.3 Å². The second-order valence-corrected chi connectivity index (χ2v) is 7.87. The van der Waals surface area contributed by atoms with Gasteiger partial charge in [0.05, 0.1) is 17.8 Å². The van der Waals surface area contributed by atoms with Gasteiger partial charge >= 0.3 is 0 Å². The van der Waals surface area contributed by atoms with Crippen LogP contribution in [0.4, 0.5) is 5.69 Å². The van der Waals surface area contributed by atoms with Crippen molar-refractivity contribution in [3.05, 3.63) is 89.8 Å². The number of amides is 1. The molecule has 30 heavy (non-hydrogen) atoms. The van der Waals surface area contributed by atoms with Crippen molar-refractivity contribution in [1.29, 1.82) is 0 Å². The molecule has 0 bridgehead atoms.